The number of hydrogen-bond acceptors (Lipinski definition) is 4. The van der Waals surface area contributed by atoms with Crippen LogP contribution in [-0.4, -0.2) is 27.7 Å². The lowest BCUT2D eigenvalue weighted by atomic mass is 10.2. The van der Waals surface area contributed by atoms with E-state index in [9.17, 15) is 4.79 Å². The fourth-order valence-corrected chi connectivity index (χ4v) is 1.36. The highest BCUT2D eigenvalue weighted by atomic mass is 16.5. The van der Waals surface area contributed by atoms with E-state index in [1.807, 2.05) is 0 Å². The van der Waals surface area contributed by atoms with Gasteiger partial charge < -0.3 is 9.84 Å². The second-order valence-electron chi connectivity index (χ2n) is 3.17. The first-order chi connectivity index (χ1) is 8.22. The Morgan fingerprint density at radius 3 is 2.88 bits per heavy atom. The zero-order valence-electron chi connectivity index (χ0n) is 8.75. The molecule has 0 fully saturated rings. The molecule has 2 aromatic rings. The first-order valence-electron chi connectivity index (χ1n) is 4.78. The minimum atomic E-state index is -1.21. The lowest BCUT2D eigenvalue weighted by Gasteiger charge is -2.06. The van der Waals surface area contributed by atoms with E-state index >= 15 is 0 Å². The second-order valence-corrected chi connectivity index (χ2v) is 3.17. The van der Waals surface area contributed by atoms with E-state index < -0.39 is 5.97 Å². The molecular formula is C12H8N2O3. The van der Waals surface area contributed by atoms with E-state index in [0.717, 1.165) is 0 Å². The molecule has 0 aliphatic rings. The third-order valence-corrected chi connectivity index (χ3v) is 2.05. The van der Waals surface area contributed by atoms with E-state index in [-0.39, 0.29) is 18.3 Å². The number of carboxylic acids is 1. The molecule has 0 spiro atoms. The van der Waals surface area contributed by atoms with Crippen LogP contribution in [0.5, 0.6) is 5.88 Å². The molecule has 0 bridgehead atoms. The number of hydrogen-bond donors (Lipinski definition) is 1. The highest BCUT2D eigenvalue weighted by Crippen LogP contribution is 2.21. The summed E-state index contributed by atoms with van der Waals surface area (Å²) in [6, 6.07) is 6.97. The summed E-state index contributed by atoms with van der Waals surface area (Å²) in [4.78, 5) is 18.6. The maximum absolute atomic E-state index is 10.8. The molecule has 0 saturated carbocycles. The number of aromatic nitrogens is 2. The van der Waals surface area contributed by atoms with Gasteiger partial charge in [-0.2, -0.15) is 4.98 Å². The smallest absolute Gasteiger partial charge is 0.374 e. The average molecular weight is 228 g/mol. The summed E-state index contributed by atoms with van der Waals surface area (Å²) >= 11 is 0. The Morgan fingerprint density at radius 1 is 1.41 bits per heavy atom. The van der Waals surface area contributed by atoms with Gasteiger partial charge in [0.1, 0.15) is 0 Å². The largest absolute Gasteiger partial charge is 0.475 e. The fourth-order valence-electron chi connectivity index (χ4n) is 1.36. The Hall–Kier alpha value is -2.61. The molecule has 0 aliphatic heterocycles. The van der Waals surface area contributed by atoms with Crippen molar-refractivity contribution in [3.8, 4) is 18.2 Å². The SMILES string of the molecule is C#CCOc1nc(C(=O)O)nc2ccccc12. The zero-order valence-corrected chi connectivity index (χ0v) is 8.75. The standard InChI is InChI=1S/C12H8N2O3/c1-2-7-17-11-8-5-3-4-6-9(8)13-10(14-11)12(15)16/h1,3-6H,7H2,(H,15,16). The van der Waals surface area contributed by atoms with E-state index in [1.54, 1.807) is 24.3 Å². The number of nitrogens with zero attached hydrogens (tertiary/aromatic N) is 2. The first kappa shape index (κ1) is 10.9. The molecule has 5 heteroatoms. The number of para-hydroxylation sites is 1. The summed E-state index contributed by atoms with van der Waals surface area (Å²) < 4.78 is 5.21. The maximum atomic E-state index is 10.8. The molecule has 1 aromatic carbocycles. The van der Waals surface area contributed by atoms with Crippen molar-refractivity contribution >= 4 is 16.9 Å². The quantitative estimate of drug-likeness (QED) is 0.802. The zero-order chi connectivity index (χ0) is 12.3. The molecular weight excluding hydrogens is 220 g/mol. The summed E-state index contributed by atoms with van der Waals surface area (Å²) in [5.41, 5.74) is 0.506. The molecule has 0 saturated heterocycles. The third-order valence-electron chi connectivity index (χ3n) is 2.05. The van der Waals surface area contributed by atoms with Crippen molar-refractivity contribution in [1.29, 1.82) is 0 Å². The van der Waals surface area contributed by atoms with Gasteiger partial charge in [-0.3, -0.25) is 0 Å². The summed E-state index contributed by atoms with van der Waals surface area (Å²) in [5.74, 6) is 0.969. The van der Waals surface area contributed by atoms with Gasteiger partial charge >= 0.3 is 5.97 Å². The predicted molar refractivity (Wildman–Crippen MR) is 60.8 cm³/mol. The minimum absolute atomic E-state index is 0.0278. The Morgan fingerprint density at radius 2 is 2.18 bits per heavy atom. The number of ether oxygens (including phenoxy) is 1. The van der Waals surface area contributed by atoms with Gasteiger partial charge in [0.25, 0.3) is 0 Å². The normalized spacial score (nSPS) is 9.82. The van der Waals surface area contributed by atoms with Gasteiger partial charge in [0.05, 0.1) is 10.9 Å². The summed E-state index contributed by atoms with van der Waals surface area (Å²) in [7, 11) is 0. The lowest BCUT2D eigenvalue weighted by molar-refractivity contribution is 0.0682. The average Bonchev–Trinajstić information content (AvgIpc) is 2.35. The van der Waals surface area contributed by atoms with Crippen LogP contribution in [0.3, 0.4) is 0 Å². The molecule has 1 heterocycles. The van der Waals surface area contributed by atoms with Gasteiger partial charge in [-0.25, -0.2) is 9.78 Å². The number of terminal acetylenes is 1. The topological polar surface area (TPSA) is 72.3 Å². The molecule has 5 nitrogen and oxygen atoms in total. The van der Waals surface area contributed by atoms with Crippen LogP contribution < -0.4 is 4.74 Å². The molecule has 0 unspecified atom stereocenters. The molecule has 17 heavy (non-hydrogen) atoms. The molecule has 0 atom stereocenters. The van der Waals surface area contributed by atoms with Crippen molar-refractivity contribution in [2.24, 2.45) is 0 Å². The van der Waals surface area contributed by atoms with Crippen LogP contribution in [0, 0.1) is 12.3 Å². The molecule has 84 valence electrons. The van der Waals surface area contributed by atoms with Gasteiger partial charge in [0, 0.05) is 0 Å². The van der Waals surface area contributed by atoms with Crippen LogP contribution >= 0.6 is 0 Å². The van der Waals surface area contributed by atoms with Crippen molar-refractivity contribution in [2.45, 2.75) is 0 Å². The van der Waals surface area contributed by atoms with Crippen molar-refractivity contribution in [2.75, 3.05) is 6.61 Å². The van der Waals surface area contributed by atoms with Crippen LogP contribution in [0.25, 0.3) is 10.9 Å². The second kappa shape index (κ2) is 4.49. The van der Waals surface area contributed by atoms with Crippen LogP contribution in [0.4, 0.5) is 0 Å². The van der Waals surface area contributed by atoms with E-state index in [4.69, 9.17) is 16.3 Å². The Balaban J connectivity index is 2.61. The van der Waals surface area contributed by atoms with E-state index in [1.165, 1.54) is 0 Å². The van der Waals surface area contributed by atoms with Crippen LogP contribution in [0.2, 0.25) is 0 Å². The Labute approximate surface area is 97.1 Å². The van der Waals surface area contributed by atoms with Gasteiger partial charge in [-0.15, -0.1) is 6.42 Å². The lowest BCUT2D eigenvalue weighted by Crippen LogP contribution is -2.07. The van der Waals surface area contributed by atoms with Gasteiger partial charge in [0.15, 0.2) is 6.61 Å². The third kappa shape index (κ3) is 2.16. The summed E-state index contributed by atoms with van der Waals surface area (Å²) in [6.07, 6.45) is 5.08. The molecule has 1 N–H and O–H groups in total. The van der Waals surface area contributed by atoms with E-state index in [0.29, 0.717) is 10.9 Å². The van der Waals surface area contributed by atoms with Crippen molar-refractivity contribution in [3.05, 3.63) is 30.1 Å². The maximum Gasteiger partial charge on any atom is 0.374 e. The highest BCUT2D eigenvalue weighted by molar-refractivity contribution is 5.89. The van der Waals surface area contributed by atoms with Gasteiger partial charge in [-0.1, -0.05) is 18.1 Å². The predicted octanol–water partition coefficient (Wildman–Crippen LogP) is 1.34. The minimum Gasteiger partial charge on any atom is -0.475 e. The monoisotopic (exact) mass is 228 g/mol. The molecule has 1 aromatic heterocycles. The van der Waals surface area contributed by atoms with Crippen molar-refractivity contribution in [1.82, 2.24) is 9.97 Å². The number of carbonyl (C=O) groups is 1. The molecule has 0 aliphatic carbocycles. The van der Waals surface area contributed by atoms with Crippen molar-refractivity contribution in [3.63, 3.8) is 0 Å². The molecule has 0 amide bonds. The van der Waals surface area contributed by atoms with Crippen LogP contribution in [0.1, 0.15) is 10.6 Å². The highest BCUT2D eigenvalue weighted by Gasteiger charge is 2.12. The molecule has 2 rings (SSSR count). The number of rotatable bonds is 3. The van der Waals surface area contributed by atoms with Gasteiger partial charge in [-0.05, 0) is 12.1 Å². The van der Waals surface area contributed by atoms with Gasteiger partial charge in [0.2, 0.25) is 11.7 Å². The summed E-state index contributed by atoms with van der Waals surface area (Å²) in [5, 5.41) is 9.51. The van der Waals surface area contributed by atoms with Crippen LogP contribution in [0.15, 0.2) is 24.3 Å². The van der Waals surface area contributed by atoms with Crippen LogP contribution in [-0.2, 0) is 0 Å². The molecule has 0 radical (unpaired) electrons. The number of carboxylic acid groups (broad SMARTS) is 1. The first-order valence-corrected chi connectivity index (χ1v) is 4.78. The Kier molecular flexibility index (Phi) is 2.88. The van der Waals surface area contributed by atoms with Crippen molar-refractivity contribution < 1.29 is 14.6 Å². The number of aromatic carboxylic acids is 1. The number of benzene rings is 1. The number of fused-ring (bicyclic) bond motifs is 1. The summed E-state index contributed by atoms with van der Waals surface area (Å²) in [6.45, 7) is 0.0278. The van der Waals surface area contributed by atoms with E-state index in [2.05, 4.69) is 15.9 Å². The Bertz CT molecular complexity index is 617. The fraction of sp³-hybridized carbons (Fsp3) is 0.0833.